The molecule has 0 spiro atoms. The average Bonchev–Trinajstić information content (AvgIpc) is 3.10. The van der Waals surface area contributed by atoms with E-state index in [0.717, 1.165) is 5.92 Å². The first-order chi connectivity index (χ1) is 7.27. The summed E-state index contributed by atoms with van der Waals surface area (Å²) in [6.07, 6.45) is 4.47. The van der Waals surface area contributed by atoms with Gasteiger partial charge in [0.2, 0.25) is 0 Å². The third-order valence-electron chi connectivity index (χ3n) is 3.04. The van der Waals surface area contributed by atoms with Crippen molar-refractivity contribution in [2.45, 2.75) is 25.7 Å². The van der Waals surface area contributed by atoms with E-state index < -0.39 is 0 Å². The standard InChI is InChI=1S/C14H17O/c1-3-11-5-4-6-13(10(2)9-15)14(11)12-7-8-12/h3-6,12,15H,1,7-9H2,2H3. The summed E-state index contributed by atoms with van der Waals surface area (Å²) < 4.78 is 0. The Morgan fingerprint density at radius 3 is 2.80 bits per heavy atom. The van der Waals surface area contributed by atoms with Crippen LogP contribution in [-0.2, 0) is 0 Å². The Balaban J connectivity index is 2.47. The van der Waals surface area contributed by atoms with Crippen LogP contribution in [-0.4, -0.2) is 11.7 Å². The molecule has 0 aliphatic heterocycles. The molecule has 15 heavy (non-hydrogen) atoms. The molecular weight excluding hydrogens is 184 g/mol. The van der Waals surface area contributed by atoms with Crippen molar-refractivity contribution in [3.05, 3.63) is 47.4 Å². The van der Waals surface area contributed by atoms with Gasteiger partial charge in [-0.15, -0.1) is 0 Å². The van der Waals surface area contributed by atoms with E-state index in [0.29, 0.717) is 5.92 Å². The first-order valence-electron chi connectivity index (χ1n) is 5.47. The van der Waals surface area contributed by atoms with Gasteiger partial charge in [0.25, 0.3) is 0 Å². The topological polar surface area (TPSA) is 20.2 Å². The number of benzene rings is 1. The van der Waals surface area contributed by atoms with Crippen molar-refractivity contribution in [3.63, 3.8) is 0 Å². The minimum absolute atomic E-state index is 0.139. The van der Waals surface area contributed by atoms with Gasteiger partial charge in [-0.25, -0.2) is 0 Å². The Morgan fingerprint density at radius 2 is 2.27 bits per heavy atom. The number of rotatable bonds is 4. The minimum Gasteiger partial charge on any atom is -0.395 e. The van der Waals surface area contributed by atoms with Crippen molar-refractivity contribution in [1.82, 2.24) is 0 Å². The first-order valence-corrected chi connectivity index (χ1v) is 5.47. The van der Waals surface area contributed by atoms with E-state index in [2.05, 4.69) is 18.7 Å². The van der Waals surface area contributed by atoms with E-state index in [1.54, 1.807) is 0 Å². The van der Waals surface area contributed by atoms with Gasteiger partial charge in [0.05, 0.1) is 6.61 Å². The molecule has 79 valence electrons. The van der Waals surface area contributed by atoms with Crippen molar-refractivity contribution < 1.29 is 5.11 Å². The van der Waals surface area contributed by atoms with Gasteiger partial charge in [0.15, 0.2) is 0 Å². The maximum Gasteiger partial charge on any atom is 0.0534 e. The van der Waals surface area contributed by atoms with Crippen molar-refractivity contribution in [3.8, 4) is 0 Å². The van der Waals surface area contributed by atoms with E-state index in [1.807, 2.05) is 19.1 Å². The zero-order valence-electron chi connectivity index (χ0n) is 9.16. The quantitative estimate of drug-likeness (QED) is 0.793. The molecule has 1 saturated carbocycles. The van der Waals surface area contributed by atoms with Crippen LogP contribution in [0, 0.1) is 5.92 Å². The number of aliphatic hydroxyl groups is 1. The molecule has 1 aromatic carbocycles. The molecule has 0 amide bonds. The summed E-state index contributed by atoms with van der Waals surface area (Å²) in [6.45, 7) is 5.99. The monoisotopic (exact) mass is 201 g/mol. The Kier molecular flexibility index (Phi) is 2.92. The maximum absolute atomic E-state index is 9.22. The molecule has 1 nitrogen and oxygen atoms in total. The third-order valence-corrected chi connectivity index (χ3v) is 3.04. The summed E-state index contributed by atoms with van der Waals surface area (Å²) in [6, 6.07) is 6.25. The van der Waals surface area contributed by atoms with E-state index in [-0.39, 0.29) is 6.61 Å². The summed E-state index contributed by atoms with van der Waals surface area (Å²) in [5.41, 5.74) is 3.83. The van der Waals surface area contributed by atoms with Crippen molar-refractivity contribution in [2.75, 3.05) is 6.61 Å². The Bertz CT molecular complexity index is 364. The molecule has 1 N–H and O–H groups in total. The molecular formula is C14H17O. The third kappa shape index (κ3) is 1.98. The predicted octanol–water partition coefficient (Wildman–Crippen LogP) is 3.14. The summed E-state index contributed by atoms with van der Waals surface area (Å²) in [5.74, 6) is 1.75. The average molecular weight is 201 g/mol. The molecule has 1 fully saturated rings. The van der Waals surface area contributed by atoms with Crippen LogP contribution in [0.15, 0.2) is 24.8 Å². The Hall–Kier alpha value is -1.08. The van der Waals surface area contributed by atoms with Gasteiger partial charge >= 0.3 is 0 Å². The van der Waals surface area contributed by atoms with Crippen LogP contribution in [0.5, 0.6) is 0 Å². The van der Waals surface area contributed by atoms with Crippen LogP contribution in [0.4, 0.5) is 0 Å². The van der Waals surface area contributed by atoms with E-state index >= 15 is 0 Å². The lowest BCUT2D eigenvalue weighted by atomic mass is 9.90. The molecule has 1 aromatic rings. The maximum atomic E-state index is 9.22. The van der Waals surface area contributed by atoms with Gasteiger partial charge in [-0.05, 0) is 35.4 Å². The van der Waals surface area contributed by atoms with Crippen LogP contribution >= 0.6 is 0 Å². The molecule has 2 rings (SSSR count). The van der Waals surface area contributed by atoms with Crippen LogP contribution in [0.3, 0.4) is 0 Å². The van der Waals surface area contributed by atoms with Gasteiger partial charge in [-0.1, -0.05) is 37.8 Å². The molecule has 1 heteroatoms. The lowest BCUT2D eigenvalue weighted by Crippen LogP contribution is -2.05. The van der Waals surface area contributed by atoms with Gasteiger partial charge in [0, 0.05) is 5.92 Å². The van der Waals surface area contributed by atoms with Gasteiger partial charge in [0.1, 0.15) is 0 Å². The second-order valence-electron chi connectivity index (χ2n) is 4.23. The summed E-state index contributed by atoms with van der Waals surface area (Å²) in [4.78, 5) is 0. The molecule has 1 radical (unpaired) electrons. The summed E-state index contributed by atoms with van der Waals surface area (Å²) in [7, 11) is 0. The van der Waals surface area contributed by atoms with E-state index in [1.165, 1.54) is 29.5 Å². The molecule has 1 aliphatic rings. The van der Waals surface area contributed by atoms with Crippen LogP contribution < -0.4 is 0 Å². The zero-order valence-corrected chi connectivity index (χ0v) is 9.16. The highest BCUT2D eigenvalue weighted by Crippen LogP contribution is 2.45. The number of hydrogen-bond acceptors (Lipinski definition) is 1. The fourth-order valence-corrected chi connectivity index (χ4v) is 2.05. The van der Waals surface area contributed by atoms with Crippen LogP contribution in [0.1, 0.15) is 42.4 Å². The normalized spacial score (nSPS) is 15.7. The predicted molar refractivity (Wildman–Crippen MR) is 63.6 cm³/mol. The molecule has 0 heterocycles. The van der Waals surface area contributed by atoms with Crippen molar-refractivity contribution >= 4 is 6.08 Å². The van der Waals surface area contributed by atoms with Crippen LogP contribution in [0.2, 0.25) is 0 Å². The Labute approximate surface area is 91.4 Å². The molecule has 0 unspecified atom stereocenters. The summed E-state index contributed by atoms with van der Waals surface area (Å²) >= 11 is 0. The number of hydrogen-bond donors (Lipinski definition) is 1. The highest BCUT2D eigenvalue weighted by atomic mass is 16.3. The molecule has 0 bridgehead atoms. The Morgan fingerprint density at radius 1 is 1.53 bits per heavy atom. The van der Waals surface area contributed by atoms with E-state index in [4.69, 9.17) is 0 Å². The fraction of sp³-hybridized carbons (Fsp3) is 0.357. The fourth-order valence-electron chi connectivity index (χ4n) is 2.05. The van der Waals surface area contributed by atoms with E-state index in [9.17, 15) is 5.11 Å². The minimum atomic E-state index is 0.139. The second-order valence-corrected chi connectivity index (χ2v) is 4.23. The lowest BCUT2D eigenvalue weighted by molar-refractivity contribution is 0.314. The second kappa shape index (κ2) is 4.19. The number of aliphatic hydroxyl groups excluding tert-OH is 1. The highest BCUT2D eigenvalue weighted by Gasteiger charge is 2.28. The first kappa shape index (κ1) is 10.4. The smallest absolute Gasteiger partial charge is 0.0534 e. The molecule has 0 atom stereocenters. The lowest BCUT2D eigenvalue weighted by Gasteiger charge is -2.16. The SMILES string of the molecule is C=Cc1cccc([C](C)CO)c1C1CC1. The van der Waals surface area contributed by atoms with Gasteiger partial charge in [-0.3, -0.25) is 0 Å². The molecule has 1 aliphatic carbocycles. The zero-order chi connectivity index (χ0) is 10.8. The molecule has 0 aromatic heterocycles. The largest absolute Gasteiger partial charge is 0.395 e. The van der Waals surface area contributed by atoms with Crippen molar-refractivity contribution in [2.24, 2.45) is 0 Å². The van der Waals surface area contributed by atoms with Crippen LogP contribution in [0.25, 0.3) is 6.08 Å². The summed E-state index contributed by atoms with van der Waals surface area (Å²) in [5, 5.41) is 9.22. The van der Waals surface area contributed by atoms with Crippen molar-refractivity contribution in [1.29, 1.82) is 0 Å². The van der Waals surface area contributed by atoms with Gasteiger partial charge in [-0.2, -0.15) is 0 Å². The van der Waals surface area contributed by atoms with Gasteiger partial charge < -0.3 is 5.11 Å². The molecule has 0 saturated heterocycles. The highest BCUT2D eigenvalue weighted by molar-refractivity contribution is 5.59.